The first-order chi connectivity index (χ1) is 14.4. The first-order valence-electron chi connectivity index (χ1n) is 9.16. The highest BCUT2D eigenvalue weighted by molar-refractivity contribution is 7.81. The number of nitrogens with zero attached hydrogens (tertiary/aromatic N) is 3. The van der Waals surface area contributed by atoms with Gasteiger partial charge in [-0.3, -0.25) is 14.5 Å². The van der Waals surface area contributed by atoms with E-state index in [1.807, 2.05) is 6.07 Å². The van der Waals surface area contributed by atoms with E-state index in [4.69, 9.17) is 17.0 Å². The van der Waals surface area contributed by atoms with Crippen LogP contribution in [0.25, 0.3) is 0 Å². The van der Waals surface area contributed by atoms with Crippen LogP contribution in [0.3, 0.4) is 0 Å². The normalized spacial score (nSPS) is 16.6. The average molecular weight is 424 g/mol. The van der Waals surface area contributed by atoms with Crippen LogP contribution in [-0.2, 0) is 4.79 Å². The van der Waals surface area contributed by atoms with Crippen molar-refractivity contribution in [3.05, 3.63) is 53.3 Å². The van der Waals surface area contributed by atoms with E-state index in [0.29, 0.717) is 35.5 Å². The Balaban J connectivity index is 1.75. The molecule has 2 fully saturated rings. The number of hydrogen-bond acceptors (Lipinski definition) is 5. The third-order valence-corrected chi connectivity index (χ3v) is 5.75. The highest BCUT2D eigenvalue weighted by Gasteiger charge is 2.64. The van der Waals surface area contributed by atoms with E-state index in [-0.39, 0.29) is 16.6 Å². The van der Waals surface area contributed by atoms with E-state index in [9.17, 15) is 19.2 Å². The number of benzene rings is 2. The number of methoxy groups -OCH3 is 1. The third kappa shape index (κ3) is 2.80. The molecule has 7 nitrogen and oxygen atoms in total. The van der Waals surface area contributed by atoms with Crippen LogP contribution in [-0.4, -0.2) is 36.6 Å². The first-order valence-corrected chi connectivity index (χ1v) is 9.57. The number of amides is 2. The minimum absolute atomic E-state index is 0.0868. The van der Waals surface area contributed by atoms with Crippen LogP contribution in [0.15, 0.2) is 36.4 Å². The lowest BCUT2D eigenvalue weighted by atomic mass is 10.1. The second-order valence-electron chi connectivity index (χ2n) is 7.03. The standard InChI is InChI=1S/C21H17FN4O3S/c1-24-18(27)15-6-5-14(9-16(15)22)26-20(30)25(19(28)21(26)7-8-21)13-4-3-12(11-23)17(10-13)29-2/h3-6,9-10H,7-8H2,1-2H3,(H,24,27). The van der Waals surface area contributed by atoms with Crippen LogP contribution in [0.2, 0.25) is 0 Å². The van der Waals surface area contributed by atoms with Crippen molar-refractivity contribution >= 4 is 40.5 Å². The molecule has 9 heteroatoms. The van der Waals surface area contributed by atoms with Crippen LogP contribution < -0.4 is 19.9 Å². The Labute approximate surface area is 177 Å². The third-order valence-electron chi connectivity index (χ3n) is 5.38. The van der Waals surface area contributed by atoms with E-state index < -0.39 is 17.3 Å². The van der Waals surface area contributed by atoms with E-state index in [1.54, 1.807) is 29.2 Å². The van der Waals surface area contributed by atoms with Gasteiger partial charge in [-0.2, -0.15) is 5.26 Å². The lowest BCUT2D eigenvalue weighted by Gasteiger charge is -2.24. The molecule has 1 N–H and O–H groups in total. The van der Waals surface area contributed by atoms with Crippen molar-refractivity contribution in [2.45, 2.75) is 18.4 Å². The Morgan fingerprint density at radius 3 is 2.53 bits per heavy atom. The van der Waals surface area contributed by atoms with Crippen LogP contribution in [0.5, 0.6) is 5.75 Å². The second kappa shape index (κ2) is 7.07. The molecule has 1 saturated carbocycles. The monoisotopic (exact) mass is 424 g/mol. The largest absolute Gasteiger partial charge is 0.495 e. The topological polar surface area (TPSA) is 85.7 Å². The van der Waals surface area contributed by atoms with Crippen molar-refractivity contribution in [2.75, 3.05) is 24.0 Å². The summed E-state index contributed by atoms with van der Waals surface area (Å²) in [5.41, 5.74) is 0.259. The Hall–Kier alpha value is -3.51. The molecule has 30 heavy (non-hydrogen) atoms. The molecule has 1 aliphatic heterocycles. The summed E-state index contributed by atoms with van der Waals surface area (Å²) in [5, 5.41) is 11.8. The Morgan fingerprint density at radius 1 is 1.27 bits per heavy atom. The molecule has 4 rings (SSSR count). The van der Waals surface area contributed by atoms with Crippen molar-refractivity contribution < 1.29 is 18.7 Å². The molecule has 2 aromatic rings. The van der Waals surface area contributed by atoms with Crippen molar-refractivity contribution in [3.63, 3.8) is 0 Å². The van der Waals surface area contributed by atoms with Crippen molar-refractivity contribution in [3.8, 4) is 11.8 Å². The van der Waals surface area contributed by atoms with E-state index >= 15 is 0 Å². The number of halogens is 1. The zero-order chi connectivity index (χ0) is 21.6. The minimum Gasteiger partial charge on any atom is -0.495 e. The molecule has 1 aliphatic carbocycles. The number of thiocarbonyl (C=S) groups is 1. The van der Waals surface area contributed by atoms with Crippen molar-refractivity contribution in [1.82, 2.24) is 5.32 Å². The van der Waals surface area contributed by atoms with Gasteiger partial charge in [0.05, 0.1) is 23.9 Å². The zero-order valence-corrected chi connectivity index (χ0v) is 17.0. The molecule has 152 valence electrons. The van der Waals surface area contributed by atoms with Gasteiger partial charge in [-0.1, -0.05) is 0 Å². The van der Waals surface area contributed by atoms with E-state index in [1.165, 1.54) is 31.2 Å². The lowest BCUT2D eigenvalue weighted by molar-refractivity contribution is -0.118. The van der Waals surface area contributed by atoms with Gasteiger partial charge in [0.15, 0.2) is 5.11 Å². The van der Waals surface area contributed by atoms with Gasteiger partial charge in [0.25, 0.3) is 11.8 Å². The number of hydrogen-bond donors (Lipinski definition) is 1. The van der Waals surface area contributed by atoms with Gasteiger partial charge in [0.2, 0.25) is 0 Å². The maximum Gasteiger partial charge on any atom is 0.259 e. The molecule has 2 amide bonds. The summed E-state index contributed by atoms with van der Waals surface area (Å²) >= 11 is 5.61. The van der Waals surface area contributed by atoms with E-state index in [2.05, 4.69) is 5.32 Å². The first kappa shape index (κ1) is 19.8. The predicted molar refractivity (Wildman–Crippen MR) is 112 cm³/mol. The Kier molecular flexibility index (Phi) is 4.67. The molecule has 0 atom stereocenters. The summed E-state index contributed by atoms with van der Waals surface area (Å²) in [6.45, 7) is 0. The molecule has 0 aromatic heterocycles. The van der Waals surface area contributed by atoms with Crippen LogP contribution >= 0.6 is 12.2 Å². The minimum atomic E-state index is -0.862. The zero-order valence-electron chi connectivity index (χ0n) is 16.2. The smallest absolute Gasteiger partial charge is 0.259 e. The fourth-order valence-electron chi connectivity index (χ4n) is 3.69. The maximum absolute atomic E-state index is 14.6. The number of nitriles is 1. The van der Waals surface area contributed by atoms with Crippen LogP contribution in [0.4, 0.5) is 15.8 Å². The van der Waals surface area contributed by atoms with Crippen molar-refractivity contribution in [2.24, 2.45) is 0 Å². The summed E-state index contributed by atoms with van der Waals surface area (Å²) in [5.74, 6) is -1.12. The fourth-order valence-corrected chi connectivity index (χ4v) is 4.16. The quantitative estimate of drug-likeness (QED) is 0.760. The highest BCUT2D eigenvalue weighted by atomic mass is 32.1. The predicted octanol–water partition coefficient (Wildman–Crippen LogP) is 2.74. The highest BCUT2D eigenvalue weighted by Crippen LogP contribution is 2.51. The summed E-state index contributed by atoms with van der Waals surface area (Å²) in [7, 11) is 2.86. The summed E-state index contributed by atoms with van der Waals surface area (Å²) in [6, 6.07) is 11.0. The molecule has 2 aliphatic rings. The number of rotatable bonds is 4. The van der Waals surface area contributed by atoms with Gasteiger partial charge in [-0.15, -0.1) is 0 Å². The number of anilines is 2. The molecule has 1 saturated heterocycles. The lowest BCUT2D eigenvalue weighted by Crippen LogP contribution is -2.37. The number of carbonyl (C=O) groups excluding carboxylic acids is 2. The SMILES string of the molecule is CNC(=O)c1ccc(N2C(=S)N(c3ccc(C#N)c(OC)c3)C(=O)C23CC3)cc1F. The maximum atomic E-state index is 14.6. The van der Waals surface area contributed by atoms with Crippen LogP contribution in [0, 0.1) is 17.1 Å². The summed E-state index contributed by atoms with van der Waals surface area (Å²) in [6.07, 6.45) is 1.16. The number of carbonyl (C=O) groups is 2. The van der Waals surface area contributed by atoms with Gasteiger partial charge >= 0.3 is 0 Å². The molecule has 0 radical (unpaired) electrons. The van der Waals surface area contributed by atoms with Gasteiger partial charge in [0.1, 0.15) is 23.2 Å². The summed E-state index contributed by atoms with van der Waals surface area (Å²) in [4.78, 5) is 28.1. The second-order valence-corrected chi connectivity index (χ2v) is 7.39. The molecule has 2 aromatic carbocycles. The van der Waals surface area contributed by atoms with Crippen molar-refractivity contribution in [1.29, 1.82) is 5.26 Å². The Morgan fingerprint density at radius 2 is 1.97 bits per heavy atom. The van der Waals surface area contributed by atoms with E-state index in [0.717, 1.165) is 0 Å². The molecular formula is C21H17FN4O3S. The van der Waals surface area contributed by atoms with Gasteiger partial charge in [0, 0.05) is 18.8 Å². The van der Waals surface area contributed by atoms with Gasteiger partial charge < -0.3 is 15.0 Å². The molecule has 0 unspecified atom stereocenters. The molecule has 0 bridgehead atoms. The Bertz CT molecular complexity index is 1140. The van der Waals surface area contributed by atoms with Gasteiger partial charge in [-0.25, -0.2) is 4.39 Å². The molecule has 1 spiro atoms. The molecule has 1 heterocycles. The molecular weight excluding hydrogens is 407 g/mol. The fraction of sp³-hybridized carbons (Fsp3) is 0.238. The van der Waals surface area contributed by atoms with Gasteiger partial charge in [-0.05, 0) is 55.4 Å². The number of nitrogens with one attached hydrogen (secondary N) is 1. The number of ether oxygens (including phenoxy) is 1. The summed E-state index contributed by atoms with van der Waals surface area (Å²) < 4.78 is 19.8. The van der Waals surface area contributed by atoms with Crippen LogP contribution in [0.1, 0.15) is 28.8 Å². The average Bonchev–Trinajstić information content (AvgIpc) is 3.51.